The number of fused-ring (bicyclic) bond motifs is 1. The molecule has 0 unspecified atom stereocenters. The second-order valence-electron chi connectivity index (χ2n) is 10.2. The van der Waals surface area contributed by atoms with Crippen molar-refractivity contribution in [1.29, 1.82) is 0 Å². The van der Waals surface area contributed by atoms with Crippen LogP contribution in [-0.2, 0) is 14.8 Å². The lowest BCUT2D eigenvalue weighted by atomic mass is 9.94. The maximum absolute atomic E-state index is 13.6. The summed E-state index contributed by atoms with van der Waals surface area (Å²) >= 11 is 0. The summed E-state index contributed by atoms with van der Waals surface area (Å²) in [5, 5.41) is 6.56. The zero-order valence-electron chi connectivity index (χ0n) is 21.6. The van der Waals surface area contributed by atoms with Crippen LogP contribution in [0.15, 0.2) is 59.6 Å². The first-order chi connectivity index (χ1) is 18.2. The summed E-state index contributed by atoms with van der Waals surface area (Å²) in [5.74, 6) is -0.219. The van der Waals surface area contributed by atoms with Gasteiger partial charge in [0.1, 0.15) is 0 Å². The van der Waals surface area contributed by atoms with E-state index in [1.165, 1.54) is 6.07 Å². The summed E-state index contributed by atoms with van der Waals surface area (Å²) in [4.78, 5) is 32.1. The molecule has 2 aliphatic rings. The molecule has 0 aliphatic carbocycles. The van der Waals surface area contributed by atoms with Crippen molar-refractivity contribution in [2.45, 2.75) is 50.1 Å². The van der Waals surface area contributed by atoms with E-state index in [1.54, 1.807) is 36.5 Å². The lowest BCUT2D eigenvalue weighted by molar-refractivity contribution is -0.135. The van der Waals surface area contributed by atoms with Crippen molar-refractivity contribution in [3.8, 4) is 0 Å². The predicted octanol–water partition coefficient (Wildman–Crippen LogP) is 3.06. The fraction of sp³-hybridized carbons (Fsp3) is 0.393. The third kappa shape index (κ3) is 5.29. The molecule has 3 aromatic rings. The minimum Gasteiger partial charge on any atom is -0.341 e. The first-order valence-corrected chi connectivity index (χ1v) is 14.5. The van der Waals surface area contributed by atoms with Gasteiger partial charge in [0.15, 0.2) is 0 Å². The Morgan fingerprint density at radius 3 is 2.63 bits per heavy atom. The number of carbonyl (C=O) groups is 2. The molecule has 2 saturated heterocycles. The smallest absolute Gasteiger partial charge is 0.255 e. The third-order valence-electron chi connectivity index (χ3n) is 7.54. The molecule has 38 heavy (non-hydrogen) atoms. The van der Waals surface area contributed by atoms with Crippen LogP contribution in [0.5, 0.6) is 0 Å². The van der Waals surface area contributed by atoms with E-state index < -0.39 is 10.0 Å². The number of benzene rings is 2. The summed E-state index contributed by atoms with van der Waals surface area (Å²) in [6, 6.07) is 13.3. The number of aryl methyl sites for hydroxylation is 1. The van der Waals surface area contributed by atoms with Gasteiger partial charge < -0.3 is 15.5 Å². The highest BCUT2D eigenvalue weighted by molar-refractivity contribution is 7.89. The van der Waals surface area contributed by atoms with Crippen molar-refractivity contribution in [3.05, 3.63) is 65.9 Å². The molecule has 200 valence electrons. The first-order valence-electron chi connectivity index (χ1n) is 13.0. The van der Waals surface area contributed by atoms with E-state index in [-0.39, 0.29) is 34.7 Å². The third-order valence-corrected chi connectivity index (χ3v) is 9.09. The van der Waals surface area contributed by atoms with Crippen LogP contribution in [0.2, 0.25) is 0 Å². The maximum Gasteiger partial charge on any atom is 0.255 e. The van der Waals surface area contributed by atoms with Gasteiger partial charge in [0.2, 0.25) is 15.9 Å². The minimum absolute atomic E-state index is 0.0408. The maximum atomic E-state index is 13.6. The summed E-state index contributed by atoms with van der Waals surface area (Å²) in [6.45, 7) is 5.72. The van der Waals surface area contributed by atoms with Gasteiger partial charge in [-0.15, -0.1) is 0 Å². The van der Waals surface area contributed by atoms with Crippen LogP contribution >= 0.6 is 0 Å². The zero-order chi connectivity index (χ0) is 26.9. The molecular weight excluding hydrogens is 502 g/mol. The number of piperidine rings is 1. The van der Waals surface area contributed by atoms with Crippen molar-refractivity contribution in [3.63, 3.8) is 0 Å². The van der Waals surface area contributed by atoms with Crippen molar-refractivity contribution >= 4 is 38.4 Å². The highest BCUT2D eigenvalue weighted by Gasteiger charge is 2.35. The number of anilines is 1. The Morgan fingerprint density at radius 1 is 1.08 bits per heavy atom. The van der Waals surface area contributed by atoms with Crippen LogP contribution < -0.4 is 15.4 Å². The van der Waals surface area contributed by atoms with E-state index in [2.05, 4.69) is 20.3 Å². The molecule has 1 aromatic heterocycles. The van der Waals surface area contributed by atoms with E-state index in [4.69, 9.17) is 0 Å². The minimum atomic E-state index is -3.90. The summed E-state index contributed by atoms with van der Waals surface area (Å²) in [5.41, 5.74) is 2.22. The molecule has 9 nitrogen and oxygen atoms in total. The van der Waals surface area contributed by atoms with Crippen molar-refractivity contribution in [2.75, 3.05) is 25.0 Å². The van der Waals surface area contributed by atoms with Gasteiger partial charge in [-0.3, -0.25) is 14.6 Å². The lowest BCUT2D eigenvalue weighted by Crippen LogP contribution is -2.54. The molecule has 2 aromatic carbocycles. The van der Waals surface area contributed by atoms with Crippen molar-refractivity contribution in [2.24, 2.45) is 5.92 Å². The molecule has 0 radical (unpaired) electrons. The van der Waals surface area contributed by atoms with Crippen LogP contribution in [-0.4, -0.2) is 61.8 Å². The monoisotopic (exact) mass is 535 g/mol. The average molecular weight is 536 g/mol. The van der Waals surface area contributed by atoms with E-state index in [0.29, 0.717) is 41.7 Å². The number of pyridine rings is 1. The van der Waals surface area contributed by atoms with E-state index in [0.717, 1.165) is 24.9 Å². The molecule has 2 fully saturated rings. The SMILES string of the molecule is Cc1ccccc1C(=O)Nc1ccc(S(=O)(=O)N[C@H]2CCN(C(=O)[C@H]3CCCN3)C[C@H]2C)c2cccnc12. The Bertz CT molecular complexity index is 1470. The normalized spacial score (nSPS) is 21.9. The van der Waals surface area contributed by atoms with Crippen molar-refractivity contribution < 1.29 is 18.0 Å². The fourth-order valence-electron chi connectivity index (χ4n) is 5.40. The second kappa shape index (κ2) is 10.8. The molecule has 2 amide bonds. The Balaban J connectivity index is 1.34. The number of nitrogens with one attached hydrogen (secondary N) is 3. The van der Waals surface area contributed by atoms with E-state index in [1.807, 2.05) is 30.9 Å². The second-order valence-corrected chi connectivity index (χ2v) is 11.9. The number of hydrogen-bond acceptors (Lipinski definition) is 6. The van der Waals surface area contributed by atoms with Gasteiger partial charge in [0.05, 0.1) is 22.1 Å². The quantitative estimate of drug-likeness (QED) is 0.446. The molecule has 0 bridgehead atoms. The zero-order valence-corrected chi connectivity index (χ0v) is 22.4. The Kier molecular flexibility index (Phi) is 7.47. The van der Waals surface area contributed by atoms with Gasteiger partial charge in [-0.1, -0.05) is 25.1 Å². The average Bonchev–Trinajstić information content (AvgIpc) is 3.45. The topological polar surface area (TPSA) is 120 Å². The largest absolute Gasteiger partial charge is 0.341 e. The number of amides is 2. The van der Waals surface area contributed by atoms with Crippen molar-refractivity contribution in [1.82, 2.24) is 19.9 Å². The van der Waals surface area contributed by atoms with E-state index >= 15 is 0 Å². The van der Waals surface area contributed by atoms with Crippen LogP contribution in [0.4, 0.5) is 5.69 Å². The highest BCUT2D eigenvalue weighted by atomic mass is 32.2. The van der Waals surface area contributed by atoms with Gasteiger partial charge in [0.25, 0.3) is 5.91 Å². The first kappa shape index (κ1) is 26.3. The fourth-order valence-corrected chi connectivity index (χ4v) is 6.98. The number of carbonyl (C=O) groups excluding carboxylic acids is 2. The molecule has 5 rings (SSSR count). The van der Waals surface area contributed by atoms with E-state index in [9.17, 15) is 18.0 Å². The lowest BCUT2D eigenvalue weighted by Gasteiger charge is -2.38. The summed E-state index contributed by atoms with van der Waals surface area (Å²) < 4.78 is 30.0. The van der Waals surface area contributed by atoms with Gasteiger partial charge >= 0.3 is 0 Å². The number of sulfonamides is 1. The Hall–Kier alpha value is -3.34. The number of aromatic nitrogens is 1. The highest BCUT2D eigenvalue weighted by Crippen LogP contribution is 2.30. The molecule has 0 spiro atoms. The van der Waals surface area contributed by atoms with Crippen LogP contribution in [0, 0.1) is 12.8 Å². The van der Waals surface area contributed by atoms with Crippen LogP contribution in [0.1, 0.15) is 42.1 Å². The van der Waals surface area contributed by atoms with Crippen LogP contribution in [0.25, 0.3) is 10.9 Å². The predicted molar refractivity (Wildman–Crippen MR) is 146 cm³/mol. The van der Waals surface area contributed by atoms with Gasteiger partial charge in [-0.2, -0.15) is 0 Å². The molecule has 3 atom stereocenters. The number of rotatable bonds is 6. The van der Waals surface area contributed by atoms with Gasteiger partial charge in [-0.25, -0.2) is 13.1 Å². The van der Waals surface area contributed by atoms with Gasteiger partial charge in [-0.05, 0) is 74.5 Å². The standard InChI is InChI=1S/C28H33N5O4S/c1-18-7-3-4-8-20(18)27(34)31-23-11-12-25(21-9-5-15-30-26(21)23)38(36,37)32-22-13-16-33(17-19(22)2)28(35)24-10-6-14-29-24/h3-5,7-9,11-12,15,19,22,24,29,32H,6,10,13-14,16-17H2,1-2H3,(H,31,34)/t19-,22+,24-/m1/s1. The number of nitrogens with zero attached hydrogens (tertiary/aromatic N) is 2. The Morgan fingerprint density at radius 2 is 1.89 bits per heavy atom. The number of hydrogen-bond donors (Lipinski definition) is 3. The number of likely N-dealkylation sites (tertiary alicyclic amines) is 1. The molecule has 3 heterocycles. The Labute approximate surface area is 223 Å². The molecular formula is C28H33N5O4S. The summed E-state index contributed by atoms with van der Waals surface area (Å²) in [6.07, 6.45) is 3.96. The summed E-state index contributed by atoms with van der Waals surface area (Å²) in [7, 11) is -3.90. The molecule has 2 aliphatic heterocycles. The molecule has 0 saturated carbocycles. The molecule has 10 heteroatoms. The molecule has 3 N–H and O–H groups in total. The van der Waals surface area contributed by atoms with Gasteiger partial charge in [0, 0.05) is 36.3 Å². The van der Waals surface area contributed by atoms with Crippen LogP contribution in [0.3, 0.4) is 0 Å².